The average molecular weight is 291 g/mol. The van der Waals surface area contributed by atoms with Crippen molar-refractivity contribution in [3.8, 4) is 0 Å². The largest absolute Gasteiger partial charge is 0.384 e. The van der Waals surface area contributed by atoms with Crippen LogP contribution in [0, 0.1) is 0 Å². The van der Waals surface area contributed by atoms with Crippen LogP contribution in [0.15, 0.2) is 24.3 Å². The number of para-hydroxylation sites is 1. The molecular weight excluding hydrogens is 266 g/mol. The van der Waals surface area contributed by atoms with Crippen LogP contribution in [0.4, 0.5) is 5.69 Å². The molecule has 1 aromatic carbocycles. The van der Waals surface area contributed by atoms with Crippen LogP contribution in [0.3, 0.4) is 0 Å². The van der Waals surface area contributed by atoms with Gasteiger partial charge in [0.1, 0.15) is 0 Å². The average Bonchev–Trinajstić information content (AvgIpc) is 2.54. The van der Waals surface area contributed by atoms with E-state index in [0.29, 0.717) is 6.61 Å². The van der Waals surface area contributed by atoms with Gasteiger partial charge in [0.2, 0.25) is 5.91 Å². The van der Waals surface area contributed by atoms with Gasteiger partial charge in [-0.25, -0.2) is 0 Å². The molecule has 1 fully saturated rings. The second-order valence-electron chi connectivity index (χ2n) is 5.35. The van der Waals surface area contributed by atoms with Gasteiger partial charge >= 0.3 is 0 Å². The van der Waals surface area contributed by atoms with Crippen molar-refractivity contribution >= 4 is 11.6 Å². The summed E-state index contributed by atoms with van der Waals surface area (Å²) >= 11 is 0. The first-order valence-corrected chi connectivity index (χ1v) is 7.55. The van der Waals surface area contributed by atoms with Gasteiger partial charge in [0.25, 0.3) is 0 Å². The Morgan fingerprint density at radius 2 is 2.10 bits per heavy atom. The quantitative estimate of drug-likeness (QED) is 0.824. The molecule has 1 atom stereocenters. The first-order chi connectivity index (χ1) is 10.2. The van der Waals surface area contributed by atoms with Crippen molar-refractivity contribution in [2.24, 2.45) is 0 Å². The Labute approximate surface area is 126 Å². The fourth-order valence-corrected chi connectivity index (χ4v) is 2.54. The van der Waals surface area contributed by atoms with E-state index in [1.165, 1.54) is 0 Å². The van der Waals surface area contributed by atoms with Crippen LogP contribution < -0.4 is 10.6 Å². The molecule has 1 saturated heterocycles. The van der Waals surface area contributed by atoms with E-state index < -0.39 is 0 Å². The van der Waals surface area contributed by atoms with Crippen LogP contribution in [-0.2, 0) is 16.0 Å². The summed E-state index contributed by atoms with van der Waals surface area (Å²) in [5.74, 6) is 0.0572. The summed E-state index contributed by atoms with van der Waals surface area (Å²) in [6, 6.07) is 7.81. The fourth-order valence-electron chi connectivity index (χ4n) is 2.54. The molecule has 0 aromatic heterocycles. The third-order valence-electron chi connectivity index (χ3n) is 3.93. The number of ether oxygens (including phenoxy) is 1. The molecule has 1 aliphatic heterocycles. The maximum absolute atomic E-state index is 12.4. The van der Waals surface area contributed by atoms with Crippen molar-refractivity contribution in [1.82, 2.24) is 10.2 Å². The lowest BCUT2D eigenvalue weighted by Crippen LogP contribution is -2.51. The van der Waals surface area contributed by atoms with Crippen molar-refractivity contribution in [3.63, 3.8) is 0 Å². The van der Waals surface area contributed by atoms with Gasteiger partial charge in [-0.1, -0.05) is 18.2 Å². The van der Waals surface area contributed by atoms with Gasteiger partial charge in [-0.05, 0) is 25.0 Å². The Bertz CT molecular complexity index is 459. The van der Waals surface area contributed by atoms with Crippen molar-refractivity contribution in [1.29, 1.82) is 0 Å². The van der Waals surface area contributed by atoms with E-state index >= 15 is 0 Å². The predicted octanol–water partition coefficient (Wildman–Crippen LogP) is 1.11. The molecule has 0 bridgehead atoms. The Morgan fingerprint density at radius 1 is 1.38 bits per heavy atom. The molecule has 116 valence electrons. The zero-order chi connectivity index (χ0) is 15.1. The highest BCUT2D eigenvalue weighted by atomic mass is 16.5. The molecular formula is C16H25N3O2. The second-order valence-corrected chi connectivity index (χ2v) is 5.35. The predicted molar refractivity (Wildman–Crippen MR) is 84.6 cm³/mol. The van der Waals surface area contributed by atoms with Crippen molar-refractivity contribution in [2.75, 3.05) is 45.2 Å². The molecule has 0 aliphatic carbocycles. The molecule has 2 N–H and O–H groups in total. The number of rotatable bonds is 6. The number of carbonyl (C=O) groups is 1. The van der Waals surface area contributed by atoms with Gasteiger partial charge in [0.15, 0.2) is 0 Å². The number of nitrogens with one attached hydrogen (secondary N) is 2. The first kappa shape index (κ1) is 15.9. The van der Waals surface area contributed by atoms with Crippen LogP contribution in [0.1, 0.15) is 12.5 Å². The van der Waals surface area contributed by atoms with Gasteiger partial charge in [-0.15, -0.1) is 0 Å². The molecule has 21 heavy (non-hydrogen) atoms. The highest BCUT2D eigenvalue weighted by Crippen LogP contribution is 2.16. The van der Waals surface area contributed by atoms with E-state index in [4.69, 9.17) is 4.74 Å². The fraction of sp³-hybridized carbons (Fsp3) is 0.562. The molecule has 1 amide bonds. The molecule has 1 unspecified atom stereocenters. The zero-order valence-electron chi connectivity index (χ0n) is 12.9. The number of piperazine rings is 1. The van der Waals surface area contributed by atoms with E-state index in [1.807, 2.05) is 31.2 Å². The number of anilines is 1. The standard InChI is InChI=1S/C16H25N3O2/c1-13(19-10-8-17-9-11-19)16(20)18-15-6-4-3-5-14(15)7-12-21-2/h3-6,13,17H,7-12H2,1-2H3,(H,18,20). The van der Waals surface area contributed by atoms with Crippen LogP contribution in [-0.4, -0.2) is 56.7 Å². The Hall–Kier alpha value is -1.43. The van der Waals surface area contributed by atoms with Crippen LogP contribution >= 0.6 is 0 Å². The Balaban J connectivity index is 1.98. The van der Waals surface area contributed by atoms with E-state index in [1.54, 1.807) is 7.11 Å². The Kier molecular flexibility index (Phi) is 6.17. The van der Waals surface area contributed by atoms with Crippen molar-refractivity contribution in [3.05, 3.63) is 29.8 Å². The molecule has 0 spiro atoms. The SMILES string of the molecule is COCCc1ccccc1NC(=O)C(C)N1CCNCC1. The smallest absolute Gasteiger partial charge is 0.241 e. The Morgan fingerprint density at radius 3 is 2.81 bits per heavy atom. The van der Waals surface area contributed by atoms with Crippen LogP contribution in [0.5, 0.6) is 0 Å². The zero-order valence-corrected chi connectivity index (χ0v) is 12.9. The second kappa shape index (κ2) is 8.12. The van der Waals surface area contributed by atoms with Crippen molar-refractivity contribution < 1.29 is 9.53 Å². The number of hydrogen-bond acceptors (Lipinski definition) is 4. The molecule has 2 rings (SSSR count). The van der Waals surface area contributed by atoms with Crippen LogP contribution in [0.2, 0.25) is 0 Å². The minimum atomic E-state index is -0.109. The molecule has 0 saturated carbocycles. The molecule has 0 radical (unpaired) electrons. The number of nitrogens with zero attached hydrogens (tertiary/aromatic N) is 1. The third kappa shape index (κ3) is 4.52. The summed E-state index contributed by atoms with van der Waals surface area (Å²) in [5.41, 5.74) is 2.00. The monoisotopic (exact) mass is 291 g/mol. The number of amides is 1. The molecule has 1 heterocycles. The first-order valence-electron chi connectivity index (χ1n) is 7.55. The summed E-state index contributed by atoms with van der Waals surface area (Å²) in [7, 11) is 1.69. The molecule has 5 nitrogen and oxygen atoms in total. The summed E-state index contributed by atoms with van der Waals surface area (Å²) < 4.78 is 5.12. The highest BCUT2D eigenvalue weighted by Gasteiger charge is 2.23. The van der Waals surface area contributed by atoms with Crippen LogP contribution in [0.25, 0.3) is 0 Å². The minimum absolute atomic E-state index is 0.0572. The minimum Gasteiger partial charge on any atom is -0.384 e. The van der Waals surface area contributed by atoms with E-state index in [9.17, 15) is 4.79 Å². The summed E-state index contributed by atoms with van der Waals surface area (Å²) in [4.78, 5) is 14.6. The van der Waals surface area contributed by atoms with Gasteiger partial charge in [0, 0.05) is 39.0 Å². The number of carbonyl (C=O) groups excluding carboxylic acids is 1. The van der Waals surface area contributed by atoms with E-state index in [2.05, 4.69) is 15.5 Å². The summed E-state index contributed by atoms with van der Waals surface area (Å²) in [6.45, 7) is 6.35. The third-order valence-corrected chi connectivity index (χ3v) is 3.93. The topological polar surface area (TPSA) is 53.6 Å². The normalized spacial score (nSPS) is 17.4. The number of benzene rings is 1. The number of hydrogen-bond donors (Lipinski definition) is 2. The van der Waals surface area contributed by atoms with Crippen molar-refractivity contribution in [2.45, 2.75) is 19.4 Å². The lowest BCUT2D eigenvalue weighted by Gasteiger charge is -2.32. The van der Waals surface area contributed by atoms with Gasteiger partial charge < -0.3 is 15.4 Å². The lowest BCUT2D eigenvalue weighted by atomic mass is 10.1. The van der Waals surface area contributed by atoms with E-state index in [-0.39, 0.29) is 11.9 Å². The van der Waals surface area contributed by atoms with Gasteiger partial charge in [-0.3, -0.25) is 9.69 Å². The maximum atomic E-state index is 12.4. The lowest BCUT2D eigenvalue weighted by molar-refractivity contribution is -0.120. The molecule has 5 heteroatoms. The molecule has 1 aliphatic rings. The number of methoxy groups -OCH3 is 1. The highest BCUT2D eigenvalue weighted by molar-refractivity contribution is 5.95. The molecule has 1 aromatic rings. The van der Waals surface area contributed by atoms with Gasteiger partial charge in [-0.2, -0.15) is 0 Å². The maximum Gasteiger partial charge on any atom is 0.241 e. The summed E-state index contributed by atoms with van der Waals surface area (Å²) in [5, 5.41) is 6.36. The summed E-state index contributed by atoms with van der Waals surface area (Å²) in [6.07, 6.45) is 0.801. The van der Waals surface area contributed by atoms with E-state index in [0.717, 1.165) is 43.9 Å². The van der Waals surface area contributed by atoms with Gasteiger partial charge in [0.05, 0.1) is 12.6 Å².